The van der Waals surface area contributed by atoms with Crippen LogP contribution in [0.15, 0.2) is 0 Å². The smallest absolute Gasteiger partial charge is 0.318 e. The molecule has 1 N–H and O–H groups in total. The van der Waals surface area contributed by atoms with Gasteiger partial charge in [0.15, 0.2) is 0 Å². The Morgan fingerprint density at radius 2 is 2.14 bits per heavy atom. The fourth-order valence-electron chi connectivity index (χ4n) is 2.37. The molecule has 21 heavy (non-hydrogen) atoms. The minimum atomic E-state index is -0.322. The minimum Gasteiger partial charge on any atom is -0.318 e. The highest BCUT2D eigenvalue weighted by Gasteiger charge is 2.24. The van der Waals surface area contributed by atoms with Crippen LogP contribution in [0.3, 0.4) is 0 Å². The molecule has 1 fully saturated rings. The predicted molar refractivity (Wildman–Crippen MR) is 83.1 cm³/mol. The summed E-state index contributed by atoms with van der Waals surface area (Å²) in [5, 5.41) is 12.6. The van der Waals surface area contributed by atoms with E-state index < -0.39 is 0 Å². The molecular weight excluding hydrogens is 312 g/mol. The number of likely N-dealkylation sites (N-methyl/N-ethyl adjacent to an activating group) is 1. The van der Waals surface area contributed by atoms with E-state index in [0.29, 0.717) is 23.9 Å². The van der Waals surface area contributed by atoms with E-state index >= 15 is 0 Å². The van der Waals surface area contributed by atoms with Crippen LogP contribution in [0, 0.1) is 0 Å². The summed E-state index contributed by atoms with van der Waals surface area (Å²) in [6.07, 6.45) is 4.73. The molecule has 8 heteroatoms. The second-order valence-electron chi connectivity index (χ2n) is 5.03. The normalized spacial score (nSPS) is 21.8. The molecule has 2 amide bonds. The Kier molecular flexibility index (Phi) is 5.93. The number of urea groups is 1. The van der Waals surface area contributed by atoms with Gasteiger partial charge in [0.1, 0.15) is 11.3 Å². The van der Waals surface area contributed by atoms with Crippen molar-refractivity contribution in [3.05, 3.63) is 5.01 Å². The van der Waals surface area contributed by atoms with Crippen molar-refractivity contribution in [2.75, 3.05) is 18.4 Å². The summed E-state index contributed by atoms with van der Waals surface area (Å²) >= 11 is 7.50. The summed E-state index contributed by atoms with van der Waals surface area (Å²) in [4.78, 5) is 23.9. The van der Waals surface area contributed by atoms with E-state index in [-0.39, 0.29) is 18.0 Å². The van der Waals surface area contributed by atoms with Gasteiger partial charge in [0.2, 0.25) is 5.13 Å². The van der Waals surface area contributed by atoms with Gasteiger partial charge in [-0.1, -0.05) is 11.3 Å². The number of anilines is 1. The average molecular weight is 331 g/mol. The van der Waals surface area contributed by atoms with Crippen LogP contribution in [-0.2, 0) is 4.79 Å². The van der Waals surface area contributed by atoms with E-state index in [1.54, 1.807) is 0 Å². The van der Waals surface area contributed by atoms with Gasteiger partial charge in [-0.25, -0.2) is 4.79 Å². The van der Waals surface area contributed by atoms with Crippen molar-refractivity contribution in [2.45, 2.75) is 43.9 Å². The molecule has 6 nitrogen and oxygen atoms in total. The molecular formula is C13H19ClN4O2S. The Morgan fingerprint density at radius 1 is 1.43 bits per heavy atom. The number of carbonyl (C=O) groups is 2. The van der Waals surface area contributed by atoms with Gasteiger partial charge in [-0.3, -0.25) is 5.32 Å². The molecule has 0 atom stereocenters. The van der Waals surface area contributed by atoms with Crippen molar-refractivity contribution in [1.82, 2.24) is 15.1 Å². The van der Waals surface area contributed by atoms with E-state index in [2.05, 4.69) is 15.5 Å². The van der Waals surface area contributed by atoms with E-state index in [1.807, 2.05) is 6.92 Å². The lowest BCUT2D eigenvalue weighted by Crippen LogP contribution is -2.36. The van der Waals surface area contributed by atoms with E-state index in [0.717, 1.165) is 30.7 Å². The zero-order valence-electron chi connectivity index (χ0n) is 11.9. The number of halogens is 1. The summed E-state index contributed by atoms with van der Waals surface area (Å²) < 4.78 is 0. The molecule has 1 aliphatic rings. The van der Waals surface area contributed by atoms with E-state index in [4.69, 9.17) is 11.6 Å². The number of nitrogens with zero attached hydrogens (tertiary/aromatic N) is 3. The van der Waals surface area contributed by atoms with Crippen LogP contribution >= 0.6 is 22.9 Å². The van der Waals surface area contributed by atoms with E-state index in [9.17, 15) is 9.59 Å². The molecule has 0 aromatic carbocycles. The third kappa shape index (κ3) is 4.38. The number of rotatable bonds is 5. The quantitative estimate of drug-likeness (QED) is 0.665. The fraction of sp³-hybridized carbons (Fsp3) is 0.692. The van der Waals surface area contributed by atoms with Crippen LogP contribution in [-0.4, -0.2) is 45.9 Å². The lowest BCUT2D eigenvalue weighted by atomic mass is 9.89. The van der Waals surface area contributed by atoms with Crippen molar-refractivity contribution in [3.63, 3.8) is 0 Å². The predicted octanol–water partition coefficient (Wildman–Crippen LogP) is 2.86. The Morgan fingerprint density at radius 3 is 2.76 bits per heavy atom. The number of aldehydes is 1. The number of hydrogen-bond donors (Lipinski definition) is 1. The Labute approximate surface area is 132 Å². The zero-order chi connectivity index (χ0) is 15.2. The zero-order valence-corrected chi connectivity index (χ0v) is 13.5. The topological polar surface area (TPSA) is 75.2 Å². The fourth-order valence-corrected chi connectivity index (χ4v) is 3.52. The van der Waals surface area contributed by atoms with Crippen LogP contribution < -0.4 is 5.32 Å². The van der Waals surface area contributed by atoms with Crippen molar-refractivity contribution in [1.29, 1.82) is 0 Å². The molecule has 1 heterocycles. The molecule has 0 saturated heterocycles. The maximum atomic E-state index is 11.9. The number of alkyl halides is 1. The number of amides is 2. The first-order chi connectivity index (χ1) is 10.1. The third-order valence-corrected chi connectivity index (χ3v) is 5.06. The molecule has 0 radical (unpaired) electrons. The third-order valence-electron chi connectivity index (χ3n) is 3.62. The molecule has 0 spiro atoms. The monoisotopic (exact) mass is 330 g/mol. The molecule has 2 rings (SSSR count). The summed E-state index contributed by atoms with van der Waals surface area (Å²) in [5.41, 5.74) is 0. The highest BCUT2D eigenvalue weighted by molar-refractivity contribution is 7.15. The van der Waals surface area contributed by atoms with Crippen molar-refractivity contribution in [2.24, 2.45) is 0 Å². The molecule has 1 saturated carbocycles. The highest BCUT2D eigenvalue weighted by atomic mass is 35.5. The van der Waals surface area contributed by atoms with Gasteiger partial charge in [-0.15, -0.1) is 21.8 Å². The van der Waals surface area contributed by atoms with Gasteiger partial charge < -0.3 is 9.69 Å². The first-order valence-corrected chi connectivity index (χ1v) is 8.36. The SMILES string of the molecule is CCN(CC=O)C(=O)Nc1nnc(C2CCC(Cl)CC2)s1. The van der Waals surface area contributed by atoms with Gasteiger partial charge >= 0.3 is 6.03 Å². The number of nitrogens with one attached hydrogen (secondary N) is 1. The molecule has 1 aromatic heterocycles. The van der Waals surface area contributed by atoms with Crippen LogP contribution in [0.2, 0.25) is 0 Å². The molecule has 0 aliphatic heterocycles. The van der Waals surface area contributed by atoms with Gasteiger partial charge in [0.05, 0.1) is 6.54 Å². The summed E-state index contributed by atoms with van der Waals surface area (Å²) in [6.45, 7) is 2.36. The van der Waals surface area contributed by atoms with Gasteiger partial charge in [-0.2, -0.15) is 0 Å². The summed E-state index contributed by atoms with van der Waals surface area (Å²) in [5.74, 6) is 0.389. The first-order valence-electron chi connectivity index (χ1n) is 7.11. The Hall–Kier alpha value is -1.21. The van der Waals surface area contributed by atoms with E-state index in [1.165, 1.54) is 16.2 Å². The minimum absolute atomic E-state index is 0.0771. The molecule has 1 aliphatic carbocycles. The second-order valence-corrected chi connectivity index (χ2v) is 6.66. The lowest BCUT2D eigenvalue weighted by molar-refractivity contribution is -0.108. The van der Waals surface area contributed by atoms with Crippen LogP contribution in [0.5, 0.6) is 0 Å². The number of aromatic nitrogens is 2. The Bertz CT molecular complexity index is 488. The molecule has 0 unspecified atom stereocenters. The van der Waals surface area contributed by atoms with Crippen LogP contribution in [0.25, 0.3) is 0 Å². The van der Waals surface area contributed by atoms with Crippen molar-refractivity contribution < 1.29 is 9.59 Å². The highest BCUT2D eigenvalue weighted by Crippen LogP contribution is 2.36. The largest absolute Gasteiger partial charge is 0.324 e. The summed E-state index contributed by atoms with van der Waals surface area (Å²) in [7, 11) is 0. The lowest BCUT2D eigenvalue weighted by Gasteiger charge is -2.22. The molecule has 116 valence electrons. The average Bonchev–Trinajstić information content (AvgIpc) is 2.93. The van der Waals surface area contributed by atoms with Gasteiger partial charge in [-0.05, 0) is 32.6 Å². The maximum Gasteiger partial charge on any atom is 0.324 e. The second kappa shape index (κ2) is 7.70. The molecule has 0 bridgehead atoms. The van der Waals surface area contributed by atoms with Gasteiger partial charge in [0.25, 0.3) is 0 Å². The summed E-state index contributed by atoms with van der Waals surface area (Å²) in [6, 6.07) is -0.322. The van der Waals surface area contributed by atoms with Crippen LogP contribution in [0.4, 0.5) is 9.93 Å². The molecule has 1 aromatic rings. The standard InChI is InChI=1S/C13H19ClN4O2S/c1-2-18(7-8-19)13(20)15-12-17-16-11(21-12)9-3-5-10(14)6-4-9/h8-10H,2-7H2,1H3,(H,15,17,20). The van der Waals surface area contributed by atoms with Crippen molar-refractivity contribution >= 4 is 40.4 Å². The van der Waals surface area contributed by atoms with Gasteiger partial charge in [0, 0.05) is 17.8 Å². The Balaban J connectivity index is 1.93. The number of hydrogen-bond acceptors (Lipinski definition) is 5. The van der Waals surface area contributed by atoms with Crippen LogP contribution in [0.1, 0.15) is 43.5 Å². The number of carbonyl (C=O) groups excluding carboxylic acids is 2. The first kappa shape index (κ1) is 16.2. The van der Waals surface area contributed by atoms with Crippen molar-refractivity contribution in [3.8, 4) is 0 Å². The maximum absolute atomic E-state index is 11.9.